The number of hydrogen-bond donors (Lipinski definition) is 1. The second kappa shape index (κ2) is 4.77. The Labute approximate surface area is 90.6 Å². The summed E-state index contributed by atoms with van der Waals surface area (Å²) in [5.41, 5.74) is 0. The summed E-state index contributed by atoms with van der Waals surface area (Å²) >= 11 is 0. The molecule has 1 N–H and O–H groups in total. The summed E-state index contributed by atoms with van der Waals surface area (Å²) in [6.45, 7) is 0.771. The molecule has 0 amide bonds. The van der Waals surface area contributed by atoms with Gasteiger partial charge in [-0.15, -0.1) is 0 Å². The molecular weight excluding hydrogens is 196 g/mol. The van der Waals surface area contributed by atoms with E-state index in [1.165, 1.54) is 0 Å². The van der Waals surface area contributed by atoms with Gasteiger partial charge in [0, 0.05) is 5.92 Å². The van der Waals surface area contributed by atoms with Crippen molar-refractivity contribution >= 4 is 0 Å². The number of nitrogens with one attached hydrogen (secondary N) is 1. The Morgan fingerprint density at radius 2 is 1.53 bits per heavy atom. The number of piperidine rings is 1. The third-order valence-corrected chi connectivity index (χ3v) is 3.92. The summed E-state index contributed by atoms with van der Waals surface area (Å²) in [5.74, 6) is -2.83. The molecule has 1 nitrogen and oxygen atoms in total. The van der Waals surface area contributed by atoms with Crippen LogP contribution >= 0.6 is 0 Å². The van der Waals surface area contributed by atoms with Crippen molar-refractivity contribution in [1.82, 2.24) is 5.32 Å². The van der Waals surface area contributed by atoms with Crippen LogP contribution in [0.3, 0.4) is 0 Å². The Morgan fingerprint density at radius 3 is 2.13 bits per heavy atom. The highest BCUT2D eigenvalue weighted by Gasteiger charge is 2.46. The van der Waals surface area contributed by atoms with E-state index in [-0.39, 0.29) is 5.92 Å². The maximum absolute atomic E-state index is 14.1. The largest absolute Gasteiger partial charge is 0.309 e. The molecule has 1 saturated heterocycles. The van der Waals surface area contributed by atoms with Crippen molar-refractivity contribution in [1.29, 1.82) is 0 Å². The molecule has 2 rings (SSSR count). The van der Waals surface area contributed by atoms with Crippen LogP contribution in [-0.4, -0.2) is 18.5 Å². The van der Waals surface area contributed by atoms with Crippen molar-refractivity contribution in [2.75, 3.05) is 6.54 Å². The molecule has 1 atom stereocenters. The van der Waals surface area contributed by atoms with Crippen molar-refractivity contribution in [3.8, 4) is 0 Å². The minimum absolute atomic E-state index is 0.359. The van der Waals surface area contributed by atoms with Crippen LogP contribution < -0.4 is 5.32 Å². The summed E-state index contributed by atoms with van der Waals surface area (Å²) in [5, 5.41) is 3.01. The quantitative estimate of drug-likeness (QED) is 0.748. The van der Waals surface area contributed by atoms with E-state index >= 15 is 0 Å². The standard InChI is InChI=1S/C12H21F2N/c13-12(14,10-6-2-1-3-7-10)11-8-4-5-9-15-11/h10-11,15H,1-9H2. The molecule has 88 valence electrons. The predicted octanol–water partition coefficient (Wildman–Crippen LogP) is 3.34. The Kier molecular flexibility index (Phi) is 3.60. The zero-order valence-corrected chi connectivity index (χ0v) is 9.27. The molecule has 2 aliphatic rings. The Hall–Kier alpha value is -0.180. The maximum atomic E-state index is 14.1. The van der Waals surface area contributed by atoms with Crippen LogP contribution in [0, 0.1) is 5.92 Å². The molecule has 2 fully saturated rings. The van der Waals surface area contributed by atoms with E-state index in [1.807, 2.05) is 0 Å². The fraction of sp³-hybridized carbons (Fsp3) is 1.00. The lowest BCUT2D eigenvalue weighted by molar-refractivity contribution is -0.105. The fourth-order valence-corrected chi connectivity index (χ4v) is 2.95. The van der Waals surface area contributed by atoms with E-state index in [1.54, 1.807) is 0 Å². The number of hydrogen-bond acceptors (Lipinski definition) is 1. The lowest BCUT2D eigenvalue weighted by atomic mass is 9.80. The van der Waals surface area contributed by atoms with Crippen LogP contribution in [0.4, 0.5) is 8.78 Å². The molecule has 1 heterocycles. The predicted molar refractivity (Wildman–Crippen MR) is 57.2 cm³/mol. The van der Waals surface area contributed by atoms with Crippen LogP contribution in [0.5, 0.6) is 0 Å². The van der Waals surface area contributed by atoms with Gasteiger partial charge < -0.3 is 5.32 Å². The summed E-state index contributed by atoms with van der Waals surface area (Å²) in [7, 11) is 0. The highest BCUT2D eigenvalue weighted by Crippen LogP contribution is 2.40. The Balaban J connectivity index is 1.96. The van der Waals surface area contributed by atoms with Crippen molar-refractivity contribution in [2.24, 2.45) is 5.92 Å². The molecule has 0 aromatic carbocycles. The van der Waals surface area contributed by atoms with E-state index in [0.29, 0.717) is 6.42 Å². The first-order valence-corrected chi connectivity index (χ1v) is 6.32. The van der Waals surface area contributed by atoms with Crippen molar-refractivity contribution in [3.05, 3.63) is 0 Å². The van der Waals surface area contributed by atoms with Gasteiger partial charge in [-0.05, 0) is 32.2 Å². The van der Waals surface area contributed by atoms with E-state index in [2.05, 4.69) is 5.32 Å². The monoisotopic (exact) mass is 217 g/mol. The topological polar surface area (TPSA) is 12.0 Å². The van der Waals surface area contributed by atoms with E-state index in [0.717, 1.165) is 51.5 Å². The molecule has 1 aliphatic carbocycles. The van der Waals surface area contributed by atoms with Gasteiger partial charge in [-0.3, -0.25) is 0 Å². The van der Waals surface area contributed by atoms with Crippen LogP contribution in [0.2, 0.25) is 0 Å². The normalized spacial score (nSPS) is 30.4. The molecule has 1 aliphatic heterocycles. The second-order valence-corrected chi connectivity index (χ2v) is 5.01. The maximum Gasteiger partial charge on any atom is 0.265 e. The minimum atomic E-state index is -2.47. The van der Waals surface area contributed by atoms with Crippen molar-refractivity contribution in [2.45, 2.75) is 63.3 Å². The number of rotatable bonds is 2. The van der Waals surface area contributed by atoms with E-state index in [4.69, 9.17) is 0 Å². The zero-order chi connectivity index (χ0) is 10.7. The van der Waals surface area contributed by atoms with Gasteiger partial charge in [0.05, 0.1) is 6.04 Å². The third kappa shape index (κ3) is 2.49. The molecule has 0 spiro atoms. The van der Waals surface area contributed by atoms with Gasteiger partial charge in [0.2, 0.25) is 0 Å². The minimum Gasteiger partial charge on any atom is -0.309 e. The molecule has 0 bridgehead atoms. The molecule has 1 saturated carbocycles. The van der Waals surface area contributed by atoms with Gasteiger partial charge in [0.25, 0.3) is 5.92 Å². The number of alkyl halides is 2. The first-order valence-electron chi connectivity index (χ1n) is 6.32. The fourth-order valence-electron chi connectivity index (χ4n) is 2.95. The highest BCUT2D eigenvalue weighted by atomic mass is 19.3. The first-order chi connectivity index (χ1) is 7.21. The molecule has 0 aromatic heterocycles. The lowest BCUT2D eigenvalue weighted by Gasteiger charge is -2.38. The van der Waals surface area contributed by atoms with Gasteiger partial charge in [-0.1, -0.05) is 25.7 Å². The van der Waals surface area contributed by atoms with Gasteiger partial charge in [0.1, 0.15) is 0 Å². The van der Waals surface area contributed by atoms with Crippen LogP contribution in [0.1, 0.15) is 51.4 Å². The average molecular weight is 217 g/mol. The van der Waals surface area contributed by atoms with Gasteiger partial charge >= 0.3 is 0 Å². The van der Waals surface area contributed by atoms with Gasteiger partial charge in [-0.25, -0.2) is 8.78 Å². The highest BCUT2D eigenvalue weighted by molar-refractivity contribution is 4.92. The number of halogens is 2. The van der Waals surface area contributed by atoms with E-state index in [9.17, 15) is 8.78 Å². The van der Waals surface area contributed by atoms with Gasteiger partial charge in [-0.2, -0.15) is 0 Å². The average Bonchev–Trinajstić information content (AvgIpc) is 2.31. The van der Waals surface area contributed by atoms with Crippen molar-refractivity contribution < 1.29 is 8.78 Å². The van der Waals surface area contributed by atoms with E-state index < -0.39 is 12.0 Å². The smallest absolute Gasteiger partial charge is 0.265 e. The van der Waals surface area contributed by atoms with Crippen LogP contribution in [0.15, 0.2) is 0 Å². The SMILES string of the molecule is FC(F)(C1CCCCC1)C1CCCCN1. The first kappa shape index (κ1) is 11.3. The molecular formula is C12H21F2N. The van der Waals surface area contributed by atoms with Crippen LogP contribution in [-0.2, 0) is 0 Å². The van der Waals surface area contributed by atoms with Crippen molar-refractivity contribution in [3.63, 3.8) is 0 Å². The molecule has 1 unspecified atom stereocenters. The summed E-state index contributed by atoms with van der Waals surface area (Å²) < 4.78 is 28.3. The molecule has 0 aromatic rings. The van der Waals surface area contributed by atoms with Gasteiger partial charge in [0.15, 0.2) is 0 Å². The molecule has 15 heavy (non-hydrogen) atoms. The zero-order valence-electron chi connectivity index (χ0n) is 9.27. The second-order valence-electron chi connectivity index (χ2n) is 5.01. The lowest BCUT2D eigenvalue weighted by Crippen LogP contribution is -2.51. The molecule has 0 radical (unpaired) electrons. The summed E-state index contributed by atoms with van der Waals surface area (Å²) in [6.07, 6.45) is 7.25. The molecule has 3 heteroatoms. The Morgan fingerprint density at radius 1 is 0.867 bits per heavy atom. The van der Waals surface area contributed by atoms with Crippen LogP contribution in [0.25, 0.3) is 0 Å². The summed E-state index contributed by atoms with van der Waals surface area (Å²) in [6, 6.07) is -0.547. The Bertz CT molecular complexity index is 174. The third-order valence-electron chi connectivity index (χ3n) is 3.92. The summed E-state index contributed by atoms with van der Waals surface area (Å²) in [4.78, 5) is 0.